The molecule has 5 nitrogen and oxygen atoms in total. The molecule has 0 radical (unpaired) electrons. The molecule has 1 atom stereocenters. The van der Waals surface area contributed by atoms with Crippen LogP contribution >= 0.6 is 0 Å². The van der Waals surface area contributed by atoms with Crippen molar-refractivity contribution in [1.82, 2.24) is 15.2 Å². The number of carbonyl (C=O) groups is 1. The third kappa shape index (κ3) is 2.88. The molecule has 0 spiro atoms. The summed E-state index contributed by atoms with van der Waals surface area (Å²) in [5.41, 5.74) is 2.06. The first-order valence-electron chi connectivity index (χ1n) is 7.32. The standard InChI is InChI=1S/C16H21N3O2/c1-11-10-19(6-5-17-11)16(20)7-12-9-18-15-4-3-13(21-2)8-14(12)15/h3-4,8-9,11,17-18H,5-7,10H2,1-2H3/t11-/m1/s1. The van der Waals surface area contributed by atoms with Gasteiger partial charge < -0.3 is 19.9 Å². The molecule has 3 rings (SSSR count). The average Bonchev–Trinajstić information content (AvgIpc) is 2.89. The predicted octanol–water partition coefficient (Wildman–Crippen LogP) is 1.54. The van der Waals surface area contributed by atoms with Crippen LogP contribution in [0, 0.1) is 0 Å². The van der Waals surface area contributed by atoms with Crippen LogP contribution in [0.1, 0.15) is 12.5 Å². The van der Waals surface area contributed by atoms with E-state index in [4.69, 9.17) is 4.74 Å². The Balaban J connectivity index is 1.79. The lowest BCUT2D eigenvalue weighted by Gasteiger charge is -2.32. The fourth-order valence-corrected chi connectivity index (χ4v) is 2.86. The first kappa shape index (κ1) is 13.9. The van der Waals surface area contributed by atoms with Crippen LogP contribution in [0.25, 0.3) is 10.9 Å². The molecule has 21 heavy (non-hydrogen) atoms. The summed E-state index contributed by atoms with van der Waals surface area (Å²) in [5.74, 6) is 0.999. The molecule has 2 aromatic rings. The fourth-order valence-electron chi connectivity index (χ4n) is 2.86. The minimum Gasteiger partial charge on any atom is -0.497 e. The zero-order chi connectivity index (χ0) is 14.8. The molecule has 5 heteroatoms. The molecule has 2 heterocycles. The minimum absolute atomic E-state index is 0.187. The molecule has 0 aliphatic carbocycles. The van der Waals surface area contributed by atoms with Crippen molar-refractivity contribution in [2.45, 2.75) is 19.4 Å². The summed E-state index contributed by atoms with van der Waals surface area (Å²) < 4.78 is 5.26. The molecular weight excluding hydrogens is 266 g/mol. The second kappa shape index (κ2) is 5.77. The Hall–Kier alpha value is -2.01. The lowest BCUT2D eigenvalue weighted by atomic mass is 10.1. The monoisotopic (exact) mass is 287 g/mol. The highest BCUT2D eigenvalue weighted by Crippen LogP contribution is 2.24. The van der Waals surface area contributed by atoms with Gasteiger partial charge in [0.1, 0.15) is 5.75 Å². The smallest absolute Gasteiger partial charge is 0.227 e. The fraction of sp³-hybridized carbons (Fsp3) is 0.438. The van der Waals surface area contributed by atoms with Gasteiger partial charge in [0, 0.05) is 42.8 Å². The maximum absolute atomic E-state index is 12.5. The molecular formula is C16H21N3O2. The number of fused-ring (bicyclic) bond motifs is 1. The zero-order valence-electron chi connectivity index (χ0n) is 12.5. The number of nitrogens with one attached hydrogen (secondary N) is 2. The number of benzene rings is 1. The summed E-state index contributed by atoms with van der Waals surface area (Å²) >= 11 is 0. The van der Waals surface area contributed by atoms with E-state index in [0.717, 1.165) is 41.9 Å². The highest BCUT2D eigenvalue weighted by molar-refractivity contribution is 5.89. The van der Waals surface area contributed by atoms with Gasteiger partial charge >= 0.3 is 0 Å². The van der Waals surface area contributed by atoms with Crippen LogP contribution in [0.3, 0.4) is 0 Å². The van der Waals surface area contributed by atoms with Gasteiger partial charge in [0.25, 0.3) is 0 Å². The highest BCUT2D eigenvalue weighted by Gasteiger charge is 2.21. The second-order valence-corrected chi connectivity index (χ2v) is 5.60. The van der Waals surface area contributed by atoms with E-state index in [-0.39, 0.29) is 5.91 Å². The summed E-state index contributed by atoms with van der Waals surface area (Å²) in [6.45, 7) is 4.55. The number of piperazine rings is 1. The van der Waals surface area contributed by atoms with E-state index < -0.39 is 0 Å². The quantitative estimate of drug-likeness (QED) is 0.900. The van der Waals surface area contributed by atoms with Gasteiger partial charge in [-0.1, -0.05) is 0 Å². The minimum atomic E-state index is 0.187. The SMILES string of the molecule is COc1ccc2[nH]cc(CC(=O)N3CCN[C@H](C)C3)c2c1. The number of hydrogen-bond donors (Lipinski definition) is 2. The topological polar surface area (TPSA) is 57.4 Å². The maximum Gasteiger partial charge on any atom is 0.227 e. The van der Waals surface area contributed by atoms with Gasteiger partial charge in [-0.25, -0.2) is 0 Å². The van der Waals surface area contributed by atoms with Gasteiger partial charge in [-0.2, -0.15) is 0 Å². The molecule has 1 aliphatic heterocycles. The Kier molecular flexibility index (Phi) is 3.84. The summed E-state index contributed by atoms with van der Waals surface area (Å²) in [4.78, 5) is 17.6. The molecule has 1 aliphatic rings. The Morgan fingerprint density at radius 1 is 1.48 bits per heavy atom. The molecule has 1 amide bonds. The number of hydrogen-bond acceptors (Lipinski definition) is 3. The number of H-pyrrole nitrogens is 1. The maximum atomic E-state index is 12.5. The van der Waals surface area contributed by atoms with Gasteiger partial charge in [-0.05, 0) is 30.7 Å². The molecule has 2 N–H and O–H groups in total. The number of nitrogens with zero attached hydrogens (tertiary/aromatic N) is 1. The van der Waals surface area contributed by atoms with Crippen molar-refractivity contribution in [3.63, 3.8) is 0 Å². The number of aromatic nitrogens is 1. The third-order valence-electron chi connectivity index (χ3n) is 4.04. The number of rotatable bonds is 3. The Labute approximate surface area is 124 Å². The normalized spacial score (nSPS) is 19.0. The molecule has 1 aromatic carbocycles. The van der Waals surface area contributed by atoms with Crippen molar-refractivity contribution >= 4 is 16.8 Å². The van der Waals surface area contributed by atoms with Crippen LogP contribution in [0.15, 0.2) is 24.4 Å². The molecule has 1 fully saturated rings. The van der Waals surface area contributed by atoms with Gasteiger partial charge in [0.05, 0.1) is 13.5 Å². The van der Waals surface area contributed by atoms with Crippen molar-refractivity contribution in [1.29, 1.82) is 0 Å². The number of carbonyl (C=O) groups excluding carboxylic acids is 1. The lowest BCUT2D eigenvalue weighted by Crippen LogP contribution is -2.51. The van der Waals surface area contributed by atoms with E-state index in [1.165, 1.54) is 0 Å². The highest BCUT2D eigenvalue weighted by atomic mass is 16.5. The van der Waals surface area contributed by atoms with Crippen LogP contribution in [-0.2, 0) is 11.2 Å². The number of aromatic amines is 1. The van der Waals surface area contributed by atoms with E-state index in [1.54, 1.807) is 7.11 Å². The molecule has 1 aromatic heterocycles. The first-order chi connectivity index (χ1) is 10.2. The lowest BCUT2D eigenvalue weighted by molar-refractivity contribution is -0.131. The predicted molar refractivity (Wildman–Crippen MR) is 82.6 cm³/mol. The summed E-state index contributed by atoms with van der Waals surface area (Å²) in [7, 11) is 1.65. The van der Waals surface area contributed by atoms with Gasteiger partial charge in [0.2, 0.25) is 5.91 Å². The van der Waals surface area contributed by atoms with Crippen molar-refractivity contribution in [2.75, 3.05) is 26.7 Å². The van der Waals surface area contributed by atoms with Gasteiger partial charge in [-0.3, -0.25) is 4.79 Å². The van der Waals surface area contributed by atoms with Crippen LogP contribution in [0.5, 0.6) is 5.75 Å². The van der Waals surface area contributed by atoms with Crippen LogP contribution in [0.4, 0.5) is 0 Å². The van der Waals surface area contributed by atoms with E-state index in [2.05, 4.69) is 17.2 Å². The zero-order valence-corrected chi connectivity index (χ0v) is 12.5. The van der Waals surface area contributed by atoms with Crippen molar-refractivity contribution < 1.29 is 9.53 Å². The first-order valence-corrected chi connectivity index (χ1v) is 7.32. The largest absolute Gasteiger partial charge is 0.497 e. The second-order valence-electron chi connectivity index (χ2n) is 5.60. The van der Waals surface area contributed by atoms with Crippen LogP contribution in [-0.4, -0.2) is 48.6 Å². The molecule has 0 saturated carbocycles. The number of ether oxygens (including phenoxy) is 1. The summed E-state index contributed by atoms with van der Waals surface area (Å²) in [5, 5.41) is 4.41. The van der Waals surface area contributed by atoms with Crippen molar-refractivity contribution in [3.05, 3.63) is 30.0 Å². The number of amides is 1. The molecule has 0 unspecified atom stereocenters. The summed E-state index contributed by atoms with van der Waals surface area (Å²) in [6, 6.07) is 6.25. The molecule has 112 valence electrons. The Morgan fingerprint density at radius 2 is 2.33 bits per heavy atom. The van der Waals surface area contributed by atoms with E-state index >= 15 is 0 Å². The number of methoxy groups -OCH3 is 1. The molecule has 0 bridgehead atoms. The van der Waals surface area contributed by atoms with Crippen LogP contribution in [0.2, 0.25) is 0 Å². The van der Waals surface area contributed by atoms with Crippen LogP contribution < -0.4 is 10.1 Å². The van der Waals surface area contributed by atoms with Crippen molar-refractivity contribution in [3.8, 4) is 5.75 Å². The Morgan fingerprint density at radius 3 is 3.10 bits per heavy atom. The summed E-state index contributed by atoms with van der Waals surface area (Å²) in [6.07, 6.45) is 2.35. The van der Waals surface area contributed by atoms with Gasteiger partial charge in [0.15, 0.2) is 0 Å². The van der Waals surface area contributed by atoms with Gasteiger partial charge in [-0.15, -0.1) is 0 Å². The van der Waals surface area contributed by atoms with Crippen molar-refractivity contribution in [2.24, 2.45) is 0 Å². The average molecular weight is 287 g/mol. The van der Waals surface area contributed by atoms with E-state index in [0.29, 0.717) is 12.5 Å². The molecule has 1 saturated heterocycles. The third-order valence-corrected chi connectivity index (χ3v) is 4.04. The van der Waals surface area contributed by atoms with E-state index in [9.17, 15) is 4.79 Å². The Bertz CT molecular complexity index is 650. The van der Waals surface area contributed by atoms with E-state index in [1.807, 2.05) is 29.3 Å².